The Balaban J connectivity index is 1.28. The fraction of sp³-hybridized carbons (Fsp3) is 0.625. The van der Waals surface area contributed by atoms with Crippen molar-refractivity contribution in [3.8, 4) is 0 Å². The third-order valence-electron chi connectivity index (χ3n) is 17.0. The lowest BCUT2D eigenvalue weighted by Crippen LogP contribution is -2.65. The summed E-state index contributed by atoms with van der Waals surface area (Å²) >= 11 is 0. The van der Waals surface area contributed by atoms with Gasteiger partial charge in [0.2, 0.25) is 0 Å². The summed E-state index contributed by atoms with van der Waals surface area (Å²) < 4.78 is 12.1. The van der Waals surface area contributed by atoms with Crippen molar-refractivity contribution in [3.05, 3.63) is 118 Å². The molecule has 0 saturated heterocycles. The van der Waals surface area contributed by atoms with Gasteiger partial charge in [0.05, 0.1) is 11.7 Å². The highest BCUT2D eigenvalue weighted by atomic mass is 16.6. The highest BCUT2D eigenvalue weighted by Gasteiger charge is 2.69. The summed E-state index contributed by atoms with van der Waals surface area (Å²) in [7, 11) is 3.58. The number of nitrogens with one attached hydrogen (secondary N) is 2. The zero-order valence-corrected chi connectivity index (χ0v) is 40.6. The SMILES string of the molecule is C=C(C=CC=C(C1C=C2CCCC(C)C2C(O)O1)C1CCC2(C1O)C1C(=C(C)C=O)C(C=CC1CCO)CC2(O)CCNC)C1CC=C(C)C(O)NC(C)(CCOC)Cc2cccc(c2)C1. The van der Waals surface area contributed by atoms with Crippen LogP contribution >= 0.6 is 0 Å². The summed E-state index contributed by atoms with van der Waals surface area (Å²) in [6.45, 7) is 13.8. The molecule has 2 heterocycles. The molecule has 1 spiro atoms. The van der Waals surface area contributed by atoms with Crippen molar-refractivity contribution in [1.29, 1.82) is 0 Å². The lowest BCUT2D eigenvalue weighted by atomic mass is 9.45. The number of aliphatic hydroxyl groups is 5. The van der Waals surface area contributed by atoms with Crippen LogP contribution in [-0.4, -0.2) is 102 Å². The smallest absolute Gasteiger partial charge is 0.162 e. The molecule has 3 saturated carbocycles. The molecule has 4 aliphatic carbocycles. The van der Waals surface area contributed by atoms with E-state index in [1.165, 1.54) is 16.7 Å². The fourth-order valence-electron chi connectivity index (χ4n) is 13.5. The Morgan fingerprint density at radius 1 is 1.14 bits per heavy atom. The molecule has 362 valence electrons. The van der Waals surface area contributed by atoms with E-state index in [0.717, 1.165) is 67.1 Å². The van der Waals surface area contributed by atoms with Gasteiger partial charge >= 0.3 is 0 Å². The molecular weight excluding hydrogens is 829 g/mol. The van der Waals surface area contributed by atoms with E-state index in [9.17, 15) is 30.3 Å². The molecule has 7 N–H and O–H groups in total. The van der Waals surface area contributed by atoms with Crippen LogP contribution in [0.5, 0.6) is 0 Å². The zero-order chi connectivity index (χ0) is 47.4. The number of methoxy groups -OCH3 is 1. The third kappa shape index (κ3) is 10.2. The lowest BCUT2D eigenvalue weighted by Gasteiger charge is -2.61. The van der Waals surface area contributed by atoms with Gasteiger partial charge in [0.25, 0.3) is 0 Å². The summed E-state index contributed by atoms with van der Waals surface area (Å²) in [4.78, 5) is 12.6. The van der Waals surface area contributed by atoms with E-state index in [1.54, 1.807) is 7.11 Å². The summed E-state index contributed by atoms with van der Waals surface area (Å²) in [5, 5.41) is 66.8. The van der Waals surface area contributed by atoms with Crippen LogP contribution in [-0.2, 0) is 27.1 Å². The van der Waals surface area contributed by atoms with Crippen LogP contribution in [0, 0.1) is 46.8 Å². The Kier molecular flexibility index (Phi) is 16.5. The quantitative estimate of drug-likeness (QED) is 0.0435. The molecule has 0 radical (unpaired) electrons. The van der Waals surface area contributed by atoms with Gasteiger partial charge in [0.15, 0.2) is 6.29 Å². The summed E-state index contributed by atoms with van der Waals surface area (Å²) in [6.07, 6.45) is 20.4. The molecular formula is C56H80N2O8. The number of hydrogen-bond acceptors (Lipinski definition) is 10. The molecule has 14 unspecified atom stereocenters. The second kappa shape index (κ2) is 21.6. The first-order chi connectivity index (χ1) is 31.6. The molecule has 0 aromatic heterocycles. The molecule has 6 aliphatic rings. The van der Waals surface area contributed by atoms with Gasteiger partial charge in [0, 0.05) is 49.0 Å². The van der Waals surface area contributed by atoms with Gasteiger partial charge in [-0.05, 0) is 163 Å². The van der Waals surface area contributed by atoms with Gasteiger partial charge in [-0.15, -0.1) is 0 Å². The predicted octanol–water partition coefficient (Wildman–Crippen LogP) is 7.38. The van der Waals surface area contributed by atoms with E-state index >= 15 is 0 Å². The molecule has 0 amide bonds. The highest BCUT2D eigenvalue weighted by molar-refractivity contribution is 5.74. The number of benzene rings is 1. The number of aldehydes is 1. The topological polar surface area (TPSA) is 161 Å². The number of allylic oxidation sites excluding steroid dienone is 9. The van der Waals surface area contributed by atoms with Crippen LogP contribution in [0.25, 0.3) is 0 Å². The van der Waals surface area contributed by atoms with Crippen LogP contribution in [0.1, 0.15) is 103 Å². The molecule has 1 aromatic rings. The van der Waals surface area contributed by atoms with Crippen LogP contribution in [0.3, 0.4) is 0 Å². The van der Waals surface area contributed by atoms with E-state index in [1.807, 2.05) is 27.0 Å². The Bertz CT molecular complexity index is 2090. The average molecular weight is 909 g/mol. The maximum absolute atomic E-state index is 13.3. The molecule has 14 atom stereocenters. The van der Waals surface area contributed by atoms with Gasteiger partial charge in [0.1, 0.15) is 18.6 Å². The largest absolute Gasteiger partial charge is 0.396 e. The van der Waals surface area contributed by atoms with Crippen LogP contribution in [0.4, 0.5) is 0 Å². The monoisotopic (exact) mass is 909 g/mol. The van der Waals surface area contributed by atoms with Crippen molar-refractivity contribution in [1.82, 2.24) is 10.6 Å². The molecule has 3 fully saturated rings. The Morgan fingerprint density at radius 2 is 1.92 bits per heavy atom. The maximum Gasteiger partial charge on any atom is 0.162 e. The Labute approximate surface area is 394 Å². The van der Waals surface area contributed by atoms with Gasteiger partial charge in [-0.1, -0.05) is 97.0 Å². The third-order valence-corrected chi connectivity index (χ3v) is 17.0. The number of hydrogen-bond donors (Lipinski definition) is 7. The maximum atomic E-state index is 13.3. The second-order valence-corrected chi connectivity index (χ2v) is 21.2. The van der Waals surface area contributed by atoms with Crippen LogP contribution < -0.4 is 10.6 Å². The molecule has 2 aliphatic heterocycles. The van der Waals surface area contributed by atoms with Crippen molar-refractivity contribution in [2.45, 2.75) is 141 Å². The second-order valence-electron chi connectivity index (χ2n) is 21.2. The van der Waals surface area contributed by atoms with Crippen molar-refractivity contribution in [2.24, 2.45) is 46.8 Å². The molecule has 10 heteroatoms. The fourth-order valence-corrected chi connectivity index (χ4v) is 13.5. The van der Waals surface area contributed by atoms with Crippen LogP contribution in [0.15, 0.2) is 107 Å². The van der Waals surface area contributed by atoms with Crippen molar-refractivity contribution < 1.29 is 39.8 Å². The minimum Gasteiger partial charge on any atom is -0.396 e. The van der Waals surface area contributed by atoms with Crippen LogP contribution in [0.2, 0.25) is 0 Å². The molecule has 10 nitrogen and oxygen atoms in total. The Hall–Kier alpha value is -3.29. The number of carbonyl (C=O) groups is 1. The number of fused-ring (bicyclic) bond motifs is 6. The van der Waals surface area contributed by atoms with Gasteiger partial charge in [-0.25, -0.2) is 0 Å². The van der Waals surface area contributed by atoms with E-state index in [-0.39, 0.29) is 47.7 Å². The first-order valence-electron chi connectivity index (χ1n) is 24.9. The van der Waals surface area contributed by atoms with E-state index in [2.05, 4.69) is 91.8 Å². The first-order valence-corrected chi connectivity index (χ1v) is 24.9. The summed E-state index contributed by atoms with van der Waals surface area (Å²) in [5.41, 5.74) is 5.16. The highest BCUT2D eigenvalue weighted by Crippen LogP contribution is 2.67. The standard InChI is InChI=1S/C56H80N2O8/c1-35(42-18-17-37(3)52(62)58-54(5,25-28-65-7)32-40-14-10-13-39(29-40)30-42)11-9-16-45(47-31-43-15-8-12-36(2)49(43)53(63)66-47)46-21-23-56(51(46)61)50-41(22-27-59)19-20-44(48(50)38(4)34-60)33-55(56,64)24-26-57-6/h9-11,13-14,16-17,19-20,29,31,34,36,41-42,44,46-47,49-53,57-59,61-64H,1,8,12,15,18,21-28,30,32-33H2,2-7H3. The van der Waals surface area contributed by atoms with Gasteiger partial charge in [-0.2, -0.15) is 0 Å². The molecule has 7 rings (SSSR count). The summed E-state index contributed by atoms with van der Waals surface area (Å²) in [6, 6.07) is 8.70. The van der Waals surface area contributed by atoms with Gasteiger partial charge in [-0.3, -0.25) is 10.1 Å². The minimum absolute atomic E-state index is 0.0287. The zero-order valence-electron chi connectivity index (χ0n) is 40.6. The molecule has 66 heavy (non-hydrogen) atoms. The normalized spacial score (nSPS) is 39.1. The van der Waals surface area contributed by atoms with E-state index in [4.69, 9.17) is 9.47 Å². The Morgan fingerprint density at radius 3 is 2.67 bits per heavy atom. The van der Waals surface area contributed by atoms with Crippen molar-refractivity contribution in [2.75, 3.05) is 33.9 Å². The number of rotatable bonds is 14. The van der Waals surface area contributed by atoms with E-state index in [0.29, 0.717) is 57.2 Å². The average Bonchev–Trinajstić information content (AvgIpc) is 3.63. The van der Waals surface area contributed by atoms with Crippen molar-refractivity contribution >= 4 is 6.29 Å². The number of aliphatic hydroxyl groups excluding tert-OH is 4. The van der Waals surface area contributed by atoms with Crippen molar-refractivity contribution in [3.63, 3.8) is 0 Å². The minimum atomic E-state index is -1.28. The van der Waals surface area contributed by atoms with Gasteiger partial charge < -0.3 is 40.3 Å². The lowest BCUT2D eigenvalue weighted by molar-refractivity contribution is -0.196. The molecule has 1 aromatic carbocycles. The predicted molar refractivity (Wildman–Crippen MR) is 261 cm³/mol. The number of carbonyl (C=O) groups excluding carboxylic acids is 1. The first kappa shape index (κ1) is 50.6. The van der Waals surface area contributed by atoms with E-state index < -0.39 is 41.7 Å². The number of ether oxygens (including phenoxy) is 2. The summed E-state index contributed by atoms with van der Waals surface area (Å²) in [5.74, 6) is -0.899. The molecule has 4 bridgehead atoms.